The van der Waals surface area contributed by atoms with E-state index in [1.807, 2.05) is 24.3 Å². The Labute approximate surface area is 118 Å². The Balaban J connectivity index is 2.34. The Kier molecular flexibility index (Phi) is 2.85. The summed E-state index contributed by atoms with van der Waals surface area (Å²) < 4.78 is 24.3. The average Bonchev–Trinajstić information content (AvgIpc) is 2.31. The predicted molar refractivity (Wildman–Crippen MR) is 79.3 cm³/mol. The van der Waals surface area contributed by atoms with Gasteiger partial charge in [0.1, 0.15) is 5.82 Å². The summed E-state index contributed by atoms with van der Waals surface area (Å²) in [6, 6.07) is 7.79. The lowest BCUT2D eigenvalue weighted by Gasteiger charge is -2.46. The van der Waals surface area contributed by atoms with Gasteiger partial charge in [0.05, 0.1) is 0 Å². The lowest BCUT2D eigenvalue weighted by molar-refractivity contribution is 0.204. The summed E-state index contributed by atoms with van der Waals surface area (Å²) in [5.41, 5.74) is 6.24. The van der Waals surface area contributed by atoms with Gasteiger partial charge in [-0.3, -0.25) is 5.73 Å². The van der Waals surface area contributed by atoms with Crippen molar-refractivity contribution in [1.82, 2.24) is 9.80 Å². The molecule has 0 radical (unpaired) electrons. The topological polar surface area (TPSA) is 66.6 Å². The quantitative estimate of drug-likeness (QED) is 0.745. The minimum atomic E-state index is -3.47. The molecule has 2 N–H and O–H groups in total. The van der Waals surface area contributed by atoms with Gasteiger partial charge in [-0.2, -0.15) is 0 Å². The van der Waals surface area contributed by atoms with Crippen LogP contribution in [-0.2, 0) is 9.84 Å². The van der Waals surface area contributed by atoms with Gasteiger partial charge >= 0.3 is 0 Å². The summed E-state index contributed by atoms with van der Waals surface area (Å²) in [6.07, 6.45) is 3.95. The monoisotopic (exact) mass is 293 g/mol. The minimum Gasteiger partial charge on any atom is -0.358 e. The van der Waals surface area contributed by atoms with Gasteiger partial charge in [-0.05, 0) is 17.7 Å². The molecule has 1 atom stereocenters. The van der Waals surface area contributed by atoms with E-state index >= 15 is 0 Å². The molecular weight excluding hydrogens is 274 g/mol. The van der Waals surface area contributed by atoms with E-state index in [-0.39, 0.29) is 0 Å². The van der Waals surface area contributed by atoms with Crippen LogP contribution in [0, 0.1) is 0 Å². The highest BCUT2D eigenvalue weighted by molar-refractivity contribution is 7.92. The highest BCUT2D eigenvalue weighted by atomic mass is 32.2. The summed E-state index contributed by atoms with van der Waals surface area (Å²) in [7, 11) is -1.72. The largest absolute Gasteiger partial charge is 0.358 e. The third-order valence-electron chi connectivity index (χ3n) is 4.16. The molecule has 0 bridgehead atoms. The molecule has 2 aliphatic rings. The van der Waals surface area contributed by atoms with Gasteiger partial charge in [0.2, 0.25) is 4.99 Å². The Morgan fingerprint density at radius 1 is 1.25 bits per heavy atom. The molecule has 2 heterocycles. The first kappa shape index (κ1) is 13.5. The molecule has 0 aromatic heterocycles. The SMILES string of the molecule is CN1C(N2CCC2)=c2ccccc2=C[C@@]1(N)S(C)(=O)=O. The predicted octanol–water partition coefficient (Wildman–Crippen LogP) is -1.16. The van der Waals surface area contributed by atoms with E-state index in [0.717, 1.165) is 35.8 Å². The summed E-state index contributed by atoms with van der Waals surface area (Å²) in [5, 5.41) is 1.92. The fraction of sp³-hybridized carbons (Fsp3) is 0.429. The zero-order valence-electron chi connectivity index (χ0n) is 11.7. The van der Waals surface area contributed by atoms with Crippen LogP contribution >= 0.6 is 0 Å². The average molecular weight is 293 g/mol. The number of sulfone groups is 1. The molecule has 0 amide bonds. The maximum absolute atomic E-state index is 12.2. The van der Waals surface area contributed by atoms with Crippen molar-refractivity contribution in [3.63, 3.8) is 0 Å². The molecular formula is C14H19N3O2S. The second-order valence-corrected chi connectivity index (χ2v) is 7.68. The first-order chi connectivity index (χ1) is 9.34. The highest BCUT2D eigenvalue weighted by Gasteiger charge is 2.43. The molecule has 6 heteroatoms. The molecule has 0 unspecified atom stereocenters. The maximum Gasteiger partial charge on any atom is 0.214 e. The lowest BCUT2D eigenvalue weighted by Crippen LogP contribution is -2.65. The van der Waals surface area contributed by atoms with E-state index in [2.05, 4.69) is 4.90 Å². The minimum absolute atomic E-state index is 0.875. The highest BCUT2D eigenvalue weighted by Crippen LogP contribution is 2.27. The second kappa shape index (κ2) is 4.23. The van der Waals surface area contributed by atoms with E-state index < -0.39 is 14.8 Å². The van der Waals surface area contributed by atoms with E-state index in [1.165, 1.54) is 6.26 Å². The zero-order chi connectivity index (χ0) is 14.5. The van der Waals surface area contributed by atoms with Crippen molar-refractivity contribution >= 4 is 21.7 Å². The molecule has 1 aromatic rings. The van der Waals surface area contributed by atoms with E-state index in [1.54, 1.807) is 18.0 Å². The van der Waals surface area contributed by atoms with Gasteiger partial charge in [-0.25, -0.2) is 8.42 Å². The molecule has 0 aliphatic carbocycles. The van der Waals surface area contributed by atoms with Crippen LogP contribution in [0.4, 0.5) is 0 Å². The van der Waals surface area contributed by atoms with Crippen LogP contribution in [0.5, 0.6) is 0 Å². The molecule has 5 nitrogen and oxygen atoms in total. The number of rotatable bonds is 2. The van der Waals surface area contributed by atoms with Crippen LogP contribution in [-0.4, -0.2) is 49.6 Å². The van der Waals surface area contributed by atoms with Gasteiger partial charge in [-0.1, -0.05) is 24.3 Å². The third kappa shape index (κ3) is 1.75. The molecule has 1 fully saturated rings. The molecule has 20 heavy (non-hydrogen) atoms. The molecule has 0 saturated carbocycles. The van der Waals surface area contributed by atoms with Crippen molar-refractivity contribution < 1.29 is 8.42 Å². The number of likely N-dealkylation sites (tertiary alicyclic amines) is 1. The number of nitrogens with zero attached hydrogens (tertiary/aromatic N) is 2. The zero-order valence-corrected chi connectivity index (χ0v) is 12.5. The van der Waals surface area contributed by atoms with Gasteiger partial charge in [0.25, 0.3) is 0 Å². The lowest BCUT2D eigenvalue weighted by atomic mass is 10.1. The Morgan fingerprint density at radius 2 is 1.90 bits per heavy atom. The maximum atomic E-state index is 12.2. The Bertz CT molecular complexity index is 768. The number of hydrogen-bond donors (Lipinski definition) is 1. The van der Waals surface area contributed by atoms with E-state index in [4.69, 9.17) is 5.73 Å². The first-order valence-corrected chi connectivity index (χ1v) is 8.53. The van der Waals surface area contributed by atoms with Gasteiger partial charge in [0, 0.05) is 31.6 Å². The van der Waals surface area contributed by atoms with E-state index in [9.17, 15) is 8.42 Å². The fourth-order valence-electron chi connectivity index (χ4n) is 2.76. The van der Waals surface area contributed by atoms with Crippen LogP contribution in [0.25, 0.3) is 11.9 Å². The molecule has 1 aromatic carbocycles. The molecule has 2 aliphatic heterocycles. The first-order valence-electron chi connectivity index (χ1n) is 6.64. The Morgan fingerprint density at radius 3 is 2.45 bits per heavy atom. The normalized spacial score (nSPS) is 25.9. The standard InChI is InChI=1S/C14H19N3O2S/c1-16-13(17-8-5-9-17)12-7-4-3-6-11(12)10-14(16,15)20(2,18)19/h3-4,6-7,10H,5,8-9,15H2,1-2H3/t14-/m0/s1. The molecule has 0 spiro atoms. The summed E-state index contributed by atoms with van der Waals surface area (Å²) in [5.74, 6) is 0.905. The second-order valence-electron chi connectivity index (χ2n) is 5.48. The number of benzene rings is 1. The van der Waals surface area contributed by atoms with Crippen molar-refractivity contribution in [2.45, 2.75) is 11.4 Å². The molecule has 1 saturated heterocycles. The van der Waals surface area contributed by atoms with Gasteiger partial charge < -0.3 is 9.80 Å². The Hall–Kier alpha value is -1.53. The molecule has 3 rings (SSSR count). The number of fused-ring (bicyclic) bond motifs is 1. The van der Waals surface area contributed by atoms with E-state index in [0.29, 0.717) is 0 Å². The summed E-state index contributed by atoms with van der Waals surface area (Å²) in [6.45, 7) is 1.88. The van der Waals surface area contributed by atoms with Crippen LogP contribution in [0.15, 0.2) is 24.3 Å². The van der Waals surface area contributed by atoms with Crippen LogP contribution in [0.1, 0.15) is 6.42 Å². The summed E-state index contributed by atoms with van der Waals surface area (Å²) in [4.78, 5) is 2.37. The fourth-order valence-corrected chi connectivity index (χ4v) is 3.68. The van der Waals surface area contributed by atoms with Gasteiger partial charge in [-0.15, -0.1) is 0 Å². The van der Waals surface area contributed by atoms with Crippen LogP contribution in [0.2, 0.25) is 0 Å². The molecule has 108 valence electrons. The van der Waals surface area contributed by atoms with Gasteiger partial charge in [0.15, 0.2) is 9.84 Å². The number of nitrogens with two attached hydrogens (primary N) is 1. The third-order valence-corrected chi connectivity index (χ3v) is 5.74. The van der Waals surface area contributed by atoms with Crippen molar-refractivity contribution in [2.24, 2.45) is 5.73 Å². The van der Waals surface area contributed by atoms with Crippen LogP contribution < -0.4 is 16.2 Å². The van der Waals surface area contributed by atoms with Crippen LogP contribution in [0.3, 0.4) is 0 Å². The van der Waals surface area contributed by atoms with Crippen molar-refractivity contribution in [1.29, 1.82) is 0 Å². The summed E-state index contributed by atoms with van der Waals surface area (Å²) >= 11 is 0. The number of hydrogen-bond acceptors (Lipinski definition) is 5. The smallest absolute Gasteiger partial charge is 0.214 e. The van der Waals surface area contributed by atoms with Crippen molar-refractivity contribution in [2.75, 3.05) is 26.4 Å². The van der Waals surface area contributed by atoms with Crippen molar-refractivity contribution in [3.8, 4) is 0 Å². The van der Waals surface area contributed by atoms with Crippen molar-refractivity contribution in [3.05, 3.63) is 34.7 Å².